The number of rotatable bonds is 2. The Morgan fingerprint density at radius 3 is 2.77 bits per heavy atom. The average Bonchev–Trinajstić information content (AvgIpc) is 3.06. The predicted octanol–water partition coefficient (Wildman–Crippen LogP) is 5.87. The molecule has 26 heavy (non-hydrogen) atoms. The molecule has 3 nitrogen and oxygen atoms in total. The zero-order chi connectivity index (χ0) is 18.3. The maximum absolute atomic E-state index is 13.5. The third kappa shape index (κ3) is 3.50. The van der Waals surface area contributed by atoms with Crippen LogP contribution in [0.2, 0.25) is 5.02 Å². The minimum absolute atomic E-state index is 0.133. The monoisotopic (exact) mass is 452 g/mol. The van der Waals surface area contributed by atoms with Crippen molar-refractivity contribution < 1.29 is 9.18 Å². The minimum atomic E-state index is -0.403. The van der Waals surface area contributed by atoms with Crippen LogP contribution in [0.25, 0.3) is 10.2 Å². The van der Waals surface area contributed by atoms with Gasteiger partial charge in [-0.05, 0) is 65.2 Å². The summed E-state index contributed by atoms with van der Waals surface area (Å²) in [6, 6.07) is 9.96. The van der Waals surface area contributed by atoms with Gasteiger partial charge in [0.15, 0.2) is 0 Å². The van der Waals surface area contributed by atoms with Crippen LogP contribution in [-0.2, 0) is 0 Å². The Labute approximate surface area is 167 Å². The van der Waals surface area contributed by atoms with Gasteiger partial charge >= 0.3 is 0 Å². The molecule has 0 N–H and O–H groups in total. The van der Waals surface area contributed by atoms with E-state index in [4.69, 9.17) is 16.6 Å². The number of carbonyl (C=O) groups excluding carboxylic acids is 1. The van der Waals surface area contributed by atoms with E-state index in [9.17, 15) is 9.18 Å². The largest absolute Gasteiger partial charge is 0.339 e. The molecule has 3 aromatic rings. The molecule has 0 spiro atoms. The number of piperidine rings is 1. The average molecular weight is 454 g/mol. The number of halogens is 3. The van der Waals surface area contributed by atoms with E-state index in [2.05, 4.69) is 15.9 Å². The SMILES string of the molecule is O=C(c1cc(F)ccc1Br)N1CCC(c2nc3cc(Cl)ccc3s2)CC1. The first-order valence-corrected chi connectivity index (χ1v) is 10.3. The van der Waals surface area contributed by atoms with Crippen molar-refractivity contribution in [3.63, 3.8) is 0 Å². The summed E-state index contributed by atoms with van der Waals surface area (Å²) in [6.45, 7) is 1.28. The molecule has 0 bridgehead atoms. The van der Waals surface area contributed by atoms with Crippen LogP contribution in [0, 0.1) is 5.82 Å². The van der Waals surface area contributed by atoms with Gasteiger partial charge in [0, 0.05) is 28.5 Å². The predicted molar refractivity (Wildman–Crippen MR) is 107 cm³/mol. The van der Waals surface area contributed by atoms with E-state index in [0.29, 0.717) is 34.1 Å². The number of aromatic nitrogens is 1. The standard InChI is InChI=1S/C19H15BrClFN2OS/c20-15-3-2-13(22)10-14(15)19(25)24-7-5-11(6-8-24)18-23-16-9-12(21)1-4-17(16)26-18/h1-4,9-11H,5-8H2. The highest BCUT2D eigenvalue weighted by molar-refractivity contribution is 9.10. The molecule has 2 heterocycles. The van der Waals surface area contributed by atoms with Gasteiger partial charge < -0.3 is 4.90 Å². The van der Waals surface area contributed by atoms with Crippen molar-refractivity contribution in [2.75, 3.05) is 13.1 Å². The molecule has 1 saturated heterocycles. The molecule has 0 radical (unpaired) electrons. The molecular weight excluding hydrogens is 439 g/mol. The third-order valence-electron chi connectivity index (χ3n) is 4.66. The number of carbonyl (C=O) groups is 1. The van der Waals surface area contributed by atoms with Crippen molar-refractivity contribution in [3.8, 4) is 0 Å². The summed E-state index contributed by atoms with van der Waals surface area (Å²) in [5.41, 5.74) is 1.30. The van der Waals surface area contributed by atoms with Gasteiger partial charge in [0.05, 0.1) is 20.8 Å². The van der Waals surface area contributed by atoms with Crippen molar-refractivity contribution in [2.24, 2.45) is 0 Å². The topological polar surface area (TPSA) is 33.2 Å². The Morgan fingerprint density at radius 2 is 2.00 bits per heavy atom. The summed E-state index contributed by atoms with van der Waals surface area (Å²) >= 11 is 11.1. The van der Waals surface area contributed by atoms with E-state index in [1.807, 2.05) is 18.2 Å². The number of hydrogen-bond acceptors (Lipinski definition) is 3. The fourth-order valence-corrected chi connectivity index (χ4v) is 4.95. The van der Waals surface area contributed by atoms with Crippen molar-refractivity contribution in [2.45, 2.75) is 18.8 Å². The van der Waals surface area contributed by atoms with Gasteiger partial charge in [-0.1, -0.05) is 11.6 Å². The Balaban J connectivity index is 1.48. The van der Waals surface area contributed by atoms with Crippen LogP contribution in [0.3, 0.4) is 0 Å². The van der Waals surface area contributed by atoms with E-state index in [1.165, 1.54) is 12.1 Å². The number of fused-ring (bicyclic) bond motifs is 1. The highest BCUT2D eigenvalue weighted by Crippen LogP contribution is 2.35. The second-order valence-corrected chi connectivity index (χ2v) is 8.71. The molecule has 1 aromatic heterocycles. The number of hydrogen-bond donors (Lipinski definition) is 0. The fraction of sp³-hybridized carbons (Fsp3) is 0.263. The van der Waals surface area contributed by atoms with Gasteiger partial charge in [-0.3, -0.25) is 4.79 Å². The molecule has 1 aliphatic heterocycles. The van der Waals surface area contributed by atoms with Crippen molar-refractivity contribution in [1.29, 1.82) is 0 Å². The molecule has 0 aliphatic carbocycles. The molecule has 7 heteroatoms. The second-order valence-electron chi connectivity index (χ2n) is 6.35. The smallest absolute Gasteiger partial charge is 0.255 e. The zero-order valence-corrected chi connectivity index (χ0v) is 16.9. The Bertz CT molecular complexity index is 985. The van der Waals surface area contributed by atoms with Gasteiger partial charge in [-0.2, -0.15) is 0 Å². The zero-order valence-electron chi connectivity index (χ0n) is 13.7. The molecular formula is C19H15BrClFN2OS. The summed E-state index contributed by atoms with van der Waals surface area (Å²) in [6.07, 6.45) is 1.71. The van der Waals surface area contributed by atoms with Crippen molar-refractivity contribution >= 4 is 55.0 Å². The highest BCUT2D eigenvalue weighted by atomic mass is 79.9. The summed E-state index contributed by atoms with van der Waals surface area (Å²) in [5, 5.41) is 1.79. The maximum atomic E-state index is 13.5. The summed E-state index contributed by atoms with van der Waals surface area (Å²) < 4.78 is 15.2. The summed E-state index contributed by atoms with van der Waals surface area (Å²) in [5.74, 6) is -0.198. The molecule has 0 atom stereocenters. The lowest BCUT2D eigenvalue weighted by Gasteiger charge is -2.31. The number of benzene rings is 2. The molecule has 1 aliphatic rings. The Morgan fingerprint density at radius 1 is 1.23 bits per heavy atom. The van der Waals surface area contributed by atoms with E-state index in [1.54, 1.807) is 22.3 Å². The highest BCUT2D eigenvalue weighted by Gasteiger charge is 2.27. The third-order valence-corrected chi connectivity index (χ3v) is 6.78. The lowest BCUT2D eigenvalue weighted by Crippen LogP contribution is -2.38. The molecule has 2 aromatic carbocycles. The van der Waals surface area contributed by atoms with E-state index in [-0.39, 0.29) is 5.91 Å². The Kier molecular flexibility index (Phi) is 4.99. The van der Waals surface area contributed by atoms with E-state index in [0.717, 1.165) is 28.1 Å². The van der Waals surface area contributed by atoms with Crippen molar-refractivity contribution in [1.82, 2.24) is 9.88 Å². The van der Waals surface area contributed by atoms with Gasteiger partial charge in [-0.25, -0.2) is 9.37 Å². The maximum Gasteiger partial charge on any atom is 0.255 e. The van der Waals surface area contributed by atoms with Gasteiger partial charge in [0.25, 0.3) is 5.91 Å². The van der Waals surface area contributed by atoms with Crippen LogP contribution in [0.5, 0.6) is 0 Å². The molecule has 134 valence electrons. The molecule has 1 fully saturated rings. The van der Waals surface area contributed by atoms with Crippen molar-refractivity contribution in [3.05, 3.63) is 62.3 Å². The van der Waals surface area contributed by atoms with Crippen LogP contribution in [0.1, 0.15) is 34.1 Å². The first kappa shape index (κ1) is 17.9. The second kappa shape index (κ2) is 7.25. The van der Waals surface area contributed by atoms with Crippen LogP contribution in [-0.4, -0.2) is 28.9 Å². The van der Waals surface area contributed by atoms with Gasteiger partial charge in [0.1, 0.15) is 5.82 Å². The summed E-state index contributed by atoms with van der Waals surface area (Å²) in [4.78, 5) is 19.2. The van der Waals surface area contributed by atoms with Gasteiger partial charge in [0.2, 0.25) is 0 Å². The lowest BCUT2D eigenvalue weighted by atomic mass is 9.97. The van der Waals surface area contributed by atoms with Crippen LogP contribution in [0.4, 0.5) is 4.39 Å². The quantitative estimate of drug-likeness (QED) is 0.486. The van der Waals surface area contributed by atoms with Crippen LogP contribution < -0.4 is 0 Å². The van der Waals surface area contributed by atoms with Crippen LogP contribution in [0.15, 0.2) is 40.9 Å². The molecule has 0 unspecified atom stereocenters. The number of amides is 1. The minimum Gasteiger partial charge on any atom is -0.339 e. The normalized spacial score (nSPS) is 15.6. The fourth-order valence-electron chi connectivity index (χ4n) is 3.25. The Hall–Kier alpha value is -1.50. The molecule has 0 saturated carbocycles. The van der Waals surface area contributed by atoms with Gasteiger partial charge in [-0.15, -0.1) is 11.3 Å². The lowest BCUT2D eigenvalue weighted by molar-refractivity contribution is 0.0711. The van der Waals surface area contributed by atoms with Crippen LogP contribution >= 0.6 is 38.9 Å². The number of likely N-dealkylation sites (tertiary alicyclic amines) is 1. The number of nitrogens with zero attached hydrogens (tertiary/aromatic N) is 2. The molecule has 1 amide bonds. The van der Waals surface area contributed by atoms with E-state index < -0.39 is 5.82 Å². The number of thiazole rings is 1. The van der Waals surface area contributed by atoms with E-state index >= 15 is 0 Å². The summed E-state index contributed by atoms with van der Waals surface area (Å²) in [7, 11) is 0. The first-order chi connectivity index (χ1) is 12.5. The molecule has 4 rings (SSSR count). The first-order valence-electron chi connectivity index (χ1n) is 8.31.